The third-order valence-electron chi connectivity index (χ3n) is 4.22. The van der Waals surface area contributed by atoms with Gasteiger partial charge < -0.3 is 4.74 Å². The average Bonchev–Trinajstić information content (AvgIpc) is 2.54. The van der Waals surface area contributed by atoms with Crippen LogP contribution in [0.2, 0.25) is 5.02 Å². The van der Waals surface area contributed by atoms with Crippen molar-refractivity contribution in [2.45, 2.75) is 25.1 Å². The van der Waals surface area contributed by atoms with E-state index in [1.54, 1.807) is 24.3 Å². The molecule has 1 fully saturated rings. The fourth-order valence-electron chi connectivity index (χ4n) is 2.95. The lowest BCUT2D eigenvalue weighted by atomic mass is 10.1. The van der Waals surface area contributed by atoms with E-state index >= 15 is 0 Å². The first kappa shape index (κ1) is 21.3. The molecule has 1 heterocycles. The molecule has 0 spiro atoms. The van der Waals surface area contributed by atoms with Crippen LogP contribution in [0.5, 0.6) is 5.75 Å². The van der Waals surface area contributed by atoms with Crippen LogP contribution in [0.1, 0.15) is 12.8 Å². The van der Waals surface area contributed by atoms with E-state index in [2.05, 4.69) is 4.90 Å². The van der Waals surface area contributed by atoms with Gasteiger partial charge in [-0.25, -0.2) is 8.42 Å². The highest BCUT2D eigenvalue weighted by atomic mass is 35.5. The second-order valence-corrected chi connectivity index (χ2v) is 8.67. The van der Waals surface area contributed by atoms with Crippen LogP contribution >= 0.6 is 11.6 Å². The Morgan fingerprint density at radius 1 is 1.23 bits per heavy atom. The number of alkyl halides is 3. The molecule has 0 atom stereocenters. The topological polar surface area (TPSA) is 49.9 Å². The predicted molar refractivity (Wildman–Crippen MR) is 94.0 cm³/mol. The zero-order chi connectivity index (χ0) is 19.4. The largest absolute Gasteiger partial charge is 0.492 e. The Hall–Kier alpha value is -1.03. The van der Waals surface area contributed by atoms with Crippen LogP contribution in [0, 0.1) is 0 Å². The Bertz CT molecular complexity index is 675. The third kappa shape index (κ3) is 6.94. The first-order valence-corrected chi connectivity index (χ1v) is 10.4. The first-order chi connectivity index (χ1) is 12.0. The highest BCUT2D eigenvalue weighted by molar-refractivity contribution is 7.88. The van der Waals surface area contributed by atoms with E-state index in [0.29, 0.717) is 54.2 Å². The molecule has 2 rings (SSSR count). The van der Waals surface area contributed by atoms with E-state index < -0.39 is 28.8 Å². The Labute approximate surface area is 156 Å². The van der Waals surface area contributed by atoms with Crippen LogP contribution in [0.15, 0.2) is 24.3 Å². The fraction of sp³-hybridized carbons (Fsp3) is 0.625. The lowest BCUT2D eigenvalue weighted by Gasteiger charge is -2.37. The molecule has 0 aromatic heterocycles. The standard InChI is InChI=1S/C16H22ClF3N2O3S/c1-26(23,24)22(12-16(18,19)20)14-6-8-21(9-7-14)10-11-25-15-4-2-13(17)3-5-15/h2-5,14H,6-12H2,1H3. The molecular weight excluding hydrogens is 393 g/mol. The molecule has 10 heteroatoms. The molecule has 1 aliphatic heterocycles. The summed E-state index contributed by atoms with van der Waals surface area (Å²) in [5.74, 6) is 0.692. The molecule has 0 bridgehead atoms. The molecule has 1 aliphatic rings. The zero-order valence-electron chi connectivity index (χ0n) is 14.4. The van der Waals surface area contributed by atoms with Gasteiger partial charge in [-0.15, -0.1) is 0 Å². The van der Waals surface area contributed by atoms with Crippen LogP contribution in [-0.4, -0.2) is 68.9 Å². The van der Waals surface area contributed by atoms with Crippen LogP contribution in [0.4, 0.5) is 13.2 Å². The van der Waals surface area contributed by atoms with Crippen molar-refractivity contribution in [3.05, 3.63) is 29.3 Å². The van der Waals surface area contributed by atoms with Crippen LogP contribution < -0.4 is 4.74 Å². The number of hydrogen-bond acceptors (Lipinski definition) is 4. The van der Waals surface area contributed by atoms with Gasteiger partial charge in [0.1, 0.15) is 18.9 Å². The monoisotopic (exact) mass is 414 g/mol. The minimum atomic E-state index is -4.55. The number of ether oxygens (including phenoxy) is 1. The summed E-state index contributed by atoms with van der Waals surface area (Å²) in [5, 5.41) is 0.619. The molecule has 148 valence electrons. The fourth-order valence-corrected chi connectivity index (χ4v) is 4.21. The number of piperidine rings is 1. The SMILES string of the molecule is CS(=O)(=O)N(CC(F)(F)F)C1CCN(CCOc2ccc(Cl)cc2)CC1. The number of nitrogens with zero attached hydrogens (tertiary/aromatic N) is 2. The number of halogens is 4. The van der Waals surface area contributed by atoms with E-state index in [-0.39, 0.29) is 0 Å². The predicted octanol–water partition coefficient (Wildman–Crippen LogP) is 3.01. The van der Waals surface area contributed by atoms with Gasteiger partial charge >= 0.3 is 6.18 Å². The quantitative estimate of drug-likeness (QED) is 0.688. The van der Waals surface area contributed by atoms with Crippen molar-refractivity contribution in [3.8, 4) is 5.75 Å². The molecule has 1 aromatic rings. The van der Waals surface area contributed by atoms with E-state index in [1.807, 2.05) is 0 Å². The first-order valence-electron chi connectivity index (χ1n) is 8.19. The zero-order valence-corrected chi connectivity index (χ0v) is 15.9. The average molecular weight is 415 g/mol. The molecule has 0 saturated carbocycles. The van der Waals surface area contributed by atoms with Gasteiger partial charge in [0.25, 0.3) is 0 Å². The highest BCUT2D eigenvalue weighted by Gasteiger charge is 2.39. The van der Waals surface area contributed by atoms with Gasteiger partial charge in [0.2, 0.25) is 10.0 Å². The maximum atomic E-state index is 12.7. The van der Waals surface area contributed by atoms with Gasteiger partial charge in [0.15, 0.2) is 0 Å². The summed E-state index contributed by atoms with van der Waals surface area (Å²) >= 11 is 5.80. The van der Waals surface area contributed by atoms with Crippen molar-refractivity contribution < 1.29 is 26.3 Å². The Kier molecular flexibility index (Phi) is 7.18. The molecule has 26 heavy (non-hydrogen) atoms. The van der Waals surface area contributed by atoms with Gasteiger partial charge in [-0.05, 0) is 50.2 Å². The molecule has 0 radical (unpaired) electrons. The molecule has 0 unspecified atom stereocenters. The summed E-state index contributed by atoms with van der Waals surface area (Å²) in [7, 11) is -3.91. The van der Waals surface area contributed by atoms with Crippen molar-refractivity contribution in [1.82, 2.24) is 9.21 Å². The van der Waals surface area contributed by atoms with Gasteiger partial charge in [-0.3, -0.25) is 4.90 Å². The van der Waals surface area contributed by atoms with Crippen molar-refractivity contribution in [1.29, 1.82) is 0 Å². The van der Waals surface area contributed by atoms with E-state index in [4.69, 9.17) is 16.3 Å². The summed E-state index contributed by atoms with van der Waals surface area (Å²) < 4.78 is 67.7. The summed E-state index contributed by atoms with van der Waals surface area (Å²) in [4.78, 5) is 2.06. The molecular formula is C16H22ClF3N2O3S. The Morgan fingerprint density at radius 2 is 1.81 bits per heavy atom. The van der Waals surface area contributed by atoms with Crippen LogP contribution in [-0.2, 0) is 10.0 Å². The van der Waals surface area contributed by atoms with Crippen molar-refractivity contribution in [2.75, 3.05) is 39.0 Å². The molecule has 0 N–H and O–H groups in total. The maximum absolute atomic E-state index is 12.7. The van der Waals surface area contributed by atoms with E-state index in [9.17, 15) is 21.6 Å². The molecule has 1 aromatic carbocycles. The van der Waals surface area contributed by atoms with Crippen molar-refractivity contribution >= 4 is 21.6 Å². The summed E-state index contributed by atoms with van der Waals surface area (Å²) in [5.41, 5.74) is 0. The van der Waals surface area contributed by atoms with Crippen molar-refractivity contribution in [3.63, 3.8) is 0 Å². The third-order valence-corrected chi connectivity index (χ3v) is 5.75. The second-order valence-electron chi connectivity index (χ2n) is 6.30. The molecule has 0 aliphatic carbocycles. The number of likely N-dealkylation sites (tertiary alicyclic amines) is 1. The van der Waals surface area contributed by atoms with Crippen LogP contribution in [0.25, 0.3) is 0 Å². The molecule has 1 saturated heterocycles. The minimum absolute atomic E-state index is 0.365. The van der Waals surface area contributed by atoms with E-state index in [1.165, 1.54) is 0 Å². The van der Waals surface area contributed by atoms with Crippen molar-refractivity contribution in [2.24, 2.45) is 0 Å². The normalized spacial score (nSPS) is 17.6. The number of sulfonamides is 1. The lowest BCUT2D eigenvalue weighted by Crippen LogP contribution is -2.50. The molecule has 0 amide bonds. The smallest absolute Gasteiger partial charge is 0.402 e. The molecule has 5 nitrogen and oxygen atoms in total. The van der Waals surface area contributed by atoms with Gasteiger partial charge in [-0.1, -0.05) is 11.6 Å². The van der Waals surface area contributed by atoms with Gasteiger partial charge in [-0.2, -0.15) is 17.5 Å². The van der Waals surface area contributed by atoms with Crippen LogP contribution in [0.3, 0.4) is 0 Å². The Balaban J connectivity index is 1.80. The maximum Gasteiger partial charge on any atom is 0.402 e. The van der Waals surface area contributed by atoms with Gasteiger partial charge in [0.05, 0.1) is 6.26 Å². The second kappa shape index (κ2) is 8.77. The lowest BCUT2D eigenvalue weighted by molar-refractivity contribution is -0.140. The summed E-state index contributed by atoms with van der Waals surface area (Å²) in [6, 6.07) is 6.34. The Morgan fingerprint density at radius 3 is 2.31 bits per heavy atom. The minimum Gasteiger partial charge on any atom is -0.492 e. The van der Waals surface area contributed by atoms with E-state index in [0.717, 1.165) is 6.26 Å². The number of benzene rings is 1. The summed E-state index contributed by atoms with van der Waals surface area (Å²) in [6.07, 6.45) is -2.99. The summed E-state index contributed by atoms with van der Waals surface area (Å²) in [6.45, 7) is 0.672. The number of rotatable bonds is 7. The van der Waals surface area contributed by atoms with Gasteiger partial charge in [0, 0.05) is 17.6 Å². The number of hydrogen-bond donors (Lipinski definition) is 0. The highest BCUT2D eigenvalue weighted by Crippen LogP contribution is 2.25.